The van der Waals surface area contributed by atoms with Gasteiger partial charge in [-0.05, 0) is 50.6 Å². The average molecular weight is 390 g/mol. The number of nitro benzene ring substituents is 1. The van der Waals surface area contributed by atoms with Crippen LogP contribution in [0.5, 0.6) is 5.75 Å². The van der Waals surface area contributed by atoms with Crippen LogP contribution in [0.2, 0.25) is 0 Å². The molecule has 0 radical (unpaired) electrons. The number of benzene rings is 2. The second kappa shape index (κ2) is 8.22. The highest BCUT2D eigenvalue weighted by Gasteiger charge is 2.27. The van der Waals surface area contributed by atoms with Crippen LogP contribution in [0.25, 0.3) is 0 Å². The normalized spacial score (nSPS) is 11.3. The molecule has 0 fully saturated rings. The third kappa shape index (κ3) is 4.65. The van der Waals surface area contributed by atoms with Crippen molar-refractivity contribution in [2.45, 2.75) is 31.8 Å². The van der Waals surface area contributed by atoms with Gasteiger partial charge in [0.15, 0.2) is 0 Å². The van der Waals surface area contributed by atoms with Gasteiger partial charge in [0.2, 0.25) is 0 Å². The number of nitro groups is 1. The monoisotopic (exact) mass is 390 g/mol. The van der Waals surface area contributed by atoms with Crippen LogP contribution in [0.15, 0.2) is 60.0 Å². The predicted octanol–water partition coefficient (Wildman–Crippen LogP) is 4.07. The fourth-order valence-electron chi connectivity index (χ4n) is 2.52. The topological polar surface area (TPSA) is 89.8 Å². The van der Waals surface area contributed by atoms with Crippen LogP contribution in [-0.4, -0.2) is 26.0 Å². The summed E-state index contributed by atoms with van der Waals surface area (Å²) in [4.78, 5) is 10.3. The molecule has 27 heavy (non-hydrogen) atoms. The molecule has 0 unspecified atom stereocenters. The SMILES string of the molecule is C=CCN(c1ccc(OC(C)C)cc1)S(=O)(=O)c1cc([N+](=O)[O-])ccc1C. The van der Waals surface area contributed by atoms with Crippen molar-refractivity contribution < 1.29 is 18.1 Å². The highest BCUT2D eigenvalue weighted by atomic mass is 32.2. The number of aryl methyl sites for hydroxylation is 1. The van der Waals surface area contributed by atoms with Crippen LogP contribution in [0, 0.1) is 17.0 Å². The first-order chi connectivity index (χ1) is 12.7. The van der Waals surface area contributed by atoms with Gasteiger partial charge >= 0.3 is 0 Å². The number of non-ortho nitro benzene ring substituents is 1. The molecular formula is C19H22N2O5S. The number of hydrogen-bond acceptors (Lipinski definition) is 5. The van der Waals surface area contributed by atoms with Crippen molar-refractivity contribution in [3.63, 3.8) is 0 Å². The molecule has 0 amide bonds. The summed E-state index contributed by atoms with van der Waals surface area (Å²) in [5.41, 5.74) is 0.560. The molecule has 0 aromatic heterocycles. The van der Waals surface area contributed by atoms with E-state index in [-0.39, 0.29) is 23.2 Å². The van der Waals surface area contributed by atoms with Crippen LogP contribution < -0.4 is 9.04 Å². The van der Waals surface area contributed by atoms with E-state index in [1.54, 1.807) is 31.2 Å². The standard InChI is InChI=1S/C19H22N2O5S/c1-5-12-20(16-8-10-18(11-9-16)26-14(2)3)27(24,25)19-13-17(21(22)23)7-6-15(19)4/h5-11,13-14H,1,12H2,2-4H3. The summed E-state index contributed by atoms with van der Waals surface area (Å²) < 4.78 is 33.1. The zero-order valence-corrected chi connectivity index (χ0v) is 16.3. The van der Waals surface area contributed by atoms with Gasteiger partial charge in [0.05, 0.1) is 28.2 Å². The molecule has 0 atom stereocenters. The Balaban J connectivity index is 2.50. The van der Waals surface area contributed by atoms with E-state index in [0.29, 0.717) is 17.0 Å². The van der Waals surface area contributed by atoms with E-state index in [0.717, 1.165) is 10.4 Å². The highest BCUT2D eigenvalue weighted by molar-refractivity contribution is 7.92. The predicted molar refractivity (Wildman–Crippen MR) is 105 cm³/mol. The molecule has 2 aromatic rings. The van der Waals surface area contributed by atoms with Crippen LogP contribution in [0.4, 0.5) is 11.4 Å². The Morgan fingerprint density at radius 3 is 2.37 bits per heavy atom. The average Bonchev–Trinajstić information content (AvgIpc) is 2.60. The molecule has 7 nitrogen and oxygen atoms in total. The zero-order chi connectivity index (χ0) is 20.2. The lowest BCUT2D eigenvalue weighted by Crippen LogP contribution is -2.31. The quantitative estimate of drug-likeness (QED) is 0.385. The number of hydrogen-bond donors (Lipinski definition) is 0. The number of anilines is 1. The largest absolute Gasteiger partial charge is 0.491 e. The van der Waals surface area contributed by atoms with E-state index >= 15 is 0 Å². The van der Waals surface area contributed by atoms with E-state index in [4.69, 9.17) is 4.74 Å². The van der Waals surface area contributed by atoms with Gasteiger partial charge in [0, 0.05) is 12.1 Å². The first-order valence-corrected chi connectivity index (χ1v) is 9.76. The van der Waals surface area contributed by atoms with Crippen molar-refractivity contribution in [1.29, 1.82) is 0 Å². The van der Waals surface area contributed by atoms with Crippen molar-refractivity contribution in [2.24, 2.45) is 0 Å². The molecule has 0 N–H and O–H groups in total. The minimum absolute atomic E-state index is 0.00335. The van der Waals surface area contributed by atoms with Crippen LogP contribution in [-0.2, 0) is 10.0 Å². The summed E-state index contributed by atoms with van der Waals surface area (Å²) in [5.74, 6) is 0.622. The van der Waals surface area contributed by atoms with Crippen LogP contribution >= 0.6 is 0 Å². The van der Waals surface area contributed by atoms with Gasteiger partial charge in [-0.1, -0.05) is 12.1 Å². The summed E-state index contributed by atoms with van der Waals surface area (Å²) in [5, 5.41) is 11.0. The van der Waals surface area contributed by atoms with E-state index in [2.05, 4.69) is 6.58 Å². The maximum atomic E-state index is 13.2. The Kier molecular flexibility index (Phi) is 6.22. The van der Waals surface area contributed by atoms with Gasteiger partial charge in [-0.3, -0.25) is 14.4 Å². The van der Waals surface area contributed by atoms with Crippen molar-refractivity contribution >= 4 is 21.4 Å². The number of rotatable bonds is 8. The van der Waals surface area contributed by atoms with E-state index in [9.17, 15) is 18.5 Å². The maximum absolute atomic E-state index is 13.2. The first-order valence-electron chi connectivity index (χ1n) is 8.32. The molecule has 0 aliphatic heterocycles. The molecule has 0 aliphatic rings. The summed E-state index contributed by atoms with van der Waals surface area (Å²) in [6.07, 6.45) is 1.46. The molecule has 2 rings (SSSR count). The minimum Gasteiger partial charge on any atom is -0.491 e. The van der Waals surface area contributed by atoms with Gasteiger partial charge < -0.3 is 4.74 Å². The summed E-state index contributed by atoms with van der Waals surface area (Å²) in [6, 6.07) is 10.4. The zero-order valence-electron chi connectivity index (χ0n) is 15.5. The molecule has 8 heteroatoms. The molecule has 0 spiro atoms. The summed E-state index contributed by atoms with van der Waals surface area (Å²) in [6.45, 7) is 9.03. The Bertz CT molecular complexity index is 937. The van der Waals surface area contributed by atoms with Crippen molar-refractivity contribution in [3.05, 3.63) is 70.8 Å². The van der Waals surface area contributed by atoms with Gasteiger partial charge in [0.25, 0.3) is 15.7 Å². The minimum atomic E-state index is -4.02. The first kappa shape index (κ1) is 20.4. The molecule has 0 saturated heterocycles. The summed E-state index contributed by atoms with van der Waals surface area (Å²) >= 11 is 0. The Hall–Kier alpha value is -2.87. The van der Waals surface area contributed by atoms with Gasteiger partial charge in [-0.25, -0.2) is 8.42 Å². The highest BCUT2D eigenvalue weighted by Crippen LogP contribution is 2.29. The molecule has 0 heterocycles. The number of sulfonamides is 1. The van der Waals surface area contributed by atoms with Gasteiger partial charge in [0.1, 0.15) is 5.75 Å². The lowest BCUT2D eigenvalue weighted by atomic mass is 10.2. The smallest absolute Gasteiger partial charge is 0.270 e. The molecular weight excluding hydrogens is 368 g/mol. The Labute approximate surface area is 159 Å². The number of ether oxygens (including phenoxy) is 1. The molecule has 0 bridgehead atoms. The molecule has 0 aliphatic carbocycles. The third-order valence-corrected chi connectivity index (χ3v) is 5.68. The lowest BCUT2D eigenvalue weighted by molar-refractivity contribution is -0.385. The van der Waals surface area contributed by atoms with Gasteiger partial charge in [-0.2, -0.15) is 0 Å². The molecule has 144 valence electrons. The summed E-state index contributed by atoms with van der Waals surface area (Å²) in [7, 11) is -4.02. The third-order valence-electron chi connectivity index (χ3n) is 3.74. The van der Waals surface area contributed by atoms with Gasteiger partial charge in [-0.15, -0.1) is 6.58 Å². The number of nitrogens with zero attached hydrogens (tertiary/aromatic N) is 2. The second-order valence-corrected chi connectivity index (χ2v) is 8.02. The van der Waals surface area contributed by atoms with E-state index in [1.165, 1.54) is 18.2 Å². The Morgan fingerprint density at radius 1 is 1.22 bits per heavy atom. The van der Waals surface area contributed by atoms with E-state index < -0.39 is 14.9 Å². The van der Waals surface area contributed by atoms with E-state index in [1.807, 2.05) is 13.8 Å². The second-order valence-electron chi connectivity index (χ2n) is 6.19. The van der Waals surface area contributed by atoms with Crippen molar-refractivity contribution in [2.75, 3.05) is 10.8 Å². The van der Waals surface area contributed by atoms with Crippen molar-refractivity contribution in [3.8, 4) is 5.75 Å². The Morgan fingerprint density at radius 2 is 1.85 bits per heavy atom. The van der Waals surface area contributed by atoms with Crippen LogP contribution in [0.1, 0.15) is 19.4 Å². The fourth-order valence-corrected chi connectivity index (χ4v) is 4.20. The maximum Gasteiger partial charge on any atom is 0.270 e. The molecule has 2 aromatic carbocycles. The van der Waals surface area contributed by atoms with Crippen molar-refractivity contribution in [1.82, 2.24) is 0 Å². The lowest BCUT2D eigenvalue weighted by Gasteiger charge is -2.24. The fraction of sp³-hybridized carbons (Fsp3) is 0.263. The molecule has 0 saturated carbocycles. The van der Waals surface area contributed by atoms with Crippen LogP contribution in [0.3, 0.4) is 0 Å².